The van der Waals surface area contributed by atoms with Crippen LogP contribution in [0.5, 0.6) is 0 Å². The Labute approximate surface area is 114 Å². The fraction of sp³-hybridized carbons (Fsp3) is 0.833. The quantitative estimate of drug-likeness (QED) is 0.785. The molecule has 20 heavy (non-hydrogen) atoms. The van der Waals surface area contributed by atoms with Gasteiger partial charge in [0.2, 0.25) is 0 Å². The van der Waals surface area contributed by atoms with Gasteiger partial charge < -0.3 is 15.3 Å². The van der Waals surface area contributed by atoms with E-state index in [1.54, 1.807) is 0 Å². The van der Waals surface area contributed by atoms with Gasteiger partial charge in [0.25, 0.3) is 0 Å². The highest BCUT2D eigenvalue weighted by molar-refractivity contribution is 5.80. The highest BCUT2D eigenvalue weighted by Crippen LogP contribution is 2.60. The standard InChI is InChI=1S/C12H17F3N2O3/c13-12(14,15)7-17(5-9(18)19)10(20)16-6-11(3-4-11)8-1-2-8/h8H,1-7H2,(H,16,20)(H,18,19). The minimum atomic E-state index is -4.61. The molecule has 2 N–H and O–H groups in total. The summed E-state index contributed by atoms with van der Waals surface area (Å²) < 4.78 is 37.0. The van der Waals surface area contributed by atoms with E-state index >= 15 is 0 Å². The van der Waals surface area contributed by atoms with E-state index in [0.717, 1.165) is 25.7 Å². The van der Waals surface area contributed by atoms with Crippen LogP contribution >= 0.6 is 0 Å². The van der Waals surface area contributed by atoms with Crippen LogP contribution in [0.25, 0.3) is 0 Å². The number of halogens is 3. The number of carbonyl (C=O) groups is 2. The molecule has 2 saturated carbocycles. The number of aliphatic carboxylic acids is 1. The average Bonchev–Trinajstić information content (AvgIpc) is 3.12. The molecule has 8 heteroatoms. The molecule has 0 unspecified atom stereocenters. The van der Waals surface area contributed by atoms with Crippen molar-refractivity contribution >= 4 is 12.0 Å². The molecule has 0 aromatic rings. The molecule has 114 valence electrons. The van der Waals surface area contributed by atoms with Gasteiger partial charge in [0.15, 0.2) is 0 Å². The van der Waals surface area contributed by atoms with Crippen LogP contribution in [-0.2, 0) is 4.79 Å². The predicted molar refractivity (Wildman–Crippen MR) is 63.1 cm³/mol. The second kappa shape index (κ2) is 5.14. The van der Waals surface area contributed by atoms with Crippen LogP contribution in [0, 0.1) is 11.3 Å². The van der Waals surface area contributed by atoms with Crippen LogP contribution < -0.4 is 5.32 Å². The summed E-state index contributed by atoms with van der Waals surface area (Å²) in [6, 6.07) is -0.961. The topological polar surface area (TPSA) is 69.6 Å². The summed E-state index contributed by atoms with van der Waals surface area (Å²) in [5.41, 5.74) is 0.0583. The summed E-state index contributed by atoms with van der Waals surface area (Å²) in [6.45, 7) is -2.17. The Morgan fingerprint density at radius 2 is 1.90 bits per heavy atom. The number of carboxylic acid groups (broad SMARTS) is 1. The number of amides is 2. The second-order valence-corrected chi connectivity index (χ2v) is 5.66. The molecule has 2 aliphatic carbocycles. The third-order valence-corrected chi connectivity index (χ3v) is 3.91. The fourth-order valence-electron chi connectivity index (χ4n) is 2.53. The van der Waals surface area contributed by atoms with Gasteiger partial charge in [0.05, 0.1) is 0 Å². The van der Waals surface area contributed by atoms with E-state index < -0.39 is 31.3 Å². The zero-order valence-electron chi connectivity index (χ0n) is 10.9. The maximum atomic E-state index is 12.3. The van der Waals surface area contributed by atoms with Crippen molar-refractivity contribution in [2.45, 2.75) is 31.9 Å². The molecule has 0 aromatic carbocycles. The van der Waals surface area contributed by atoms with Gasteiger partial charge in [0.1, 0.15) is 13.1 Å². The van der Waals surface area contributed by atoms with E-state index in [9.17, 15) is 22.8 Å². The van der Waals surface area contributed by atoms with Gasteiger partial charge >= 0.3 is 18.2 Å². The highest BCUT2D eigenvalue weighted by Gasteiger charge is 2.53. The van der Waals surface area contributed by atoms with Crippen molar-refractivity contribution in [3.8, 4) is 0 Å². The zero-order chi connectivity index (χ0) is 15.0. The minimum absolute atomic E-state index is 0.0583. The van der Waals surface area contributed by atoms with E-state index in [-0.39, 0.29) is 10.3 Å². The molecule has 0 radical (unpaired) electrons. The number of urea groups is 1. The molecule has 2 aliphatic rings. The van der Waals surface area contributed by atoms with Crippen molar-refractivity contribution in [3.05, 3.63) is 0 Å². The molecule has 0 spiro atoms. The Balaban J connectivity index is 1.86. The maximum absolute atomic E-state index is 12.3. The zero-order valence-corrected chi connectivity index (χ0v) is 10.9. The smallest absolute Gasteiger partial charge is 0.406 e. The maximum Gasteiger partial charge on any atom is 0.406 e. The average molecular weight is 294 g/mol. The lowest BCUT2D eigenvalue weighted by Crippen LogP contribution is -2.48. The van der Waals surface area contributed by atoms with Gasteiger partial charge in [-0.25, -0.2) is 4.79 Å². The molecule has 2 rings (SSSR count). The number of carbonyl (C=O) groups excluding carboxylic acids is 1. The molecule has 5 nitrogen and oxygen atoms in total. The molecule has 2 fully saturated rings. The summed E-state index contributed by atoms with van der Waals surface area (Å²) in [5, 5.41) is 11.0. The monoisotopic (exact) mass is 294 g/mol. The lowest BCUT2D eigenvalue weighted by Gasteiger charge is -2.24. The largest absolute Gasteiger partial charge is 0.480 e. The van der Waals surface area contributed by atoms with E-state index in [0.29, 0.717) is 12.5 Å². The molecule has 0 heterocycles. The van der Waals surface area contributed by atoms with Gasteiger partial charge in [-0.1, -0.05) is 0 Å². The van der Waals surface area contributed by atoms with Crippen molar-refractivity contribution in [3.63, 3.8) is 0 Å². The number of nitrogens with one attached hydrogen (secondary N) is 1. The Morgan fingerprint density at radius 3 is 2.30 bits per heavy atom. The van der Waals surface area contributed by atoms with Gasteiger partial charge in [-0.3, -0.25) is 4.79 Å². The van der Waals surface area contributed by atoms with Crippen molar-refractivity contribution in [1.29, 1.82) is 0 Å². The SMILES string of the molecule is O=C(O)CN(CC(F)(F)F)C(=O)NCC1(C2CC2)CC1. The van der Waals surface area contributed by atoms with Gasteiger partial charge in [-0.05, 0) is 37.0 Å². The molecule has 0 saturated heterocycles. The first kappa shape index (κ1) is 14.9. The number of rotatable bonds is 6. The van der Waals surface area contributed by atoms with E-state index in [2.05, 4.69) is 5.32 Å². The lowest BCUT2D eigenvalue weighted by atomic mass is 10.0. The van der Waals surface area contributed by atoms with E-state index in [1.165, 1.54) is 0 Å². The van der Waals surface area contributed by atoms with Crippen LogP contribution in [-0.4, -0.2) is 47.8 Å². The van der Waals surface area contributed by atoms with Crippen LogP contribution in [0.4, 0.5) is 18.0 Å². The molecular formula is C12H17F3N2O3. The molecule has 0 aromatic heterocycles. The Bertz CT molecular complexity index is 403. The van der Waals surface area contributed by atoms with Gasteiger partial charge in [-0.15, -0.1) is 0 Å². The third-order valence-electron chi connectivity index (χ3n) is 3.91. The van der Waals surface area contributed by atoms with Crippen LogP contribution in [0.2, 0.25) is 0 Å². The highest BCUT2D eigenvalue weighted by atomic mass is 19.4. The normalized spacial score (nSPS) is 20.4. The number of nitrogens with zero attached hydrogens (tertiary/aromatic N) is 1. The summed E-state index contributed by atoms with van der Waals surface area (Å²) in [4.78, 5) is 22.6. The first-order valence-corrected chi connectivity index (χ1v) is 6.53. The fourth-order valence-corrected chi connectivity index (χ4v) is 2.53. The minimum Gasteiger partial charge on any atom is -0.480 e. The first-order valence-electron chi connectivity index (χ1n) is 6.53. The predicted octanol–water partition coefficient (Wildman–Crippen LogP) is 1.84. The Kier molecular flexibility index (Phi) is 3.84. The number of hydrogen-bond acceptors (Lipinski definition) is 2. The van der Waals surface area contributed by atoms with Crippen molar-refractivity contribution < 1.29 is 27.9 Å². The number of carboxylic acids is 1. The van der Waals surface area contributed by atoms with Gasteiger partial charge in [0, 0.05) is 6.54 Å². The molecule has 0 aliphatic heterocycles. The van der Waals surface area contributed by atoms with E-state index in [1.807, 2.05) is 0 Å². The Morgan fingerprint density at radius 1 is 1.30 bits per heavy atom. The summed E-state index contributed by atoms with van der Waals surface area (Å²) in [5.74, 6) is -0.897. The summed E-state index contributed by atoms with van der Waals surface area (Å²) in [6.07, 6.45) is -0.429. The molecule has 2 amide bonds. The number of hydrogen-bond donors (Lipinski definition) is 2. The van der Waals surface area contributed by atoms with Crippen molar-refractivity contribution in [2.24, 2.45) is 11.3 Å². The first-order chi connectivity index (χ1) is 9.22. The Hall–Kier alpha value is -1.47. The molecule has 0 bridgehead atoms. The van der Waals surface area contributed by atoms with Crippen LogP contribution in [0.15, 0.2) is 0 Å². The second-order valence-electron chi connectivity index (χ2n) is 5.66. The molecule has 0 atom stereocenters. The van der Waals surface area contributed by atoms with Crippen molar-refractivity contribution in [1.82, 2.24) is 10.2 Å². The number of alkyl halides is 3. The van der Waals surface area contributed by atoms with Gasteiger partial charge in [-0.2, -0.15) is 13.2 Å². The van der Waals surface area contributed by atoms with E-state index in [4.69, 9.17) is 5.11 Å². The van der Waals surface area contributed by atoms with Crippen LogP contribution in [0.1, 0.15) is 25.7 Å². The third kappa shape index (κ3) is 4.01. The summed E-state index contributed by atoms with van der Waals surface area (Å²) >= 11 is 0. The summed E-state index contributed by atoms with van der Waals surface area (Å²) in [7, 11) is 0. The van der Waals surface area contributed by atoms with Crippen LogP contribution in [0.3, 0.4) is 0 Å². The molecular weight excluding hydrogens is 277 g/mol. The van der Waals surface area contributed by atoms with Crippen molar-refractivity contribution in [2.75, 3.05) is 19.6 Å². The lowest BCUT2D eigenvalue weighted by molar-refractivity contribution is -0.148.